The second-order valence-corrected chi connectivity index (χ2v) is 5.93. The van der Waals surface area contributed by atoms with Gasteiger partial charge < -0.3 is 5.11 Å². The Labute approximate surface area is 140 Å². The molecule has 3 aromatic carbocycles. The lowest BCUT2D eigenvalue weighted by Gasteiger charge is -2.11. The van der Waals surface area contributed by atoms with Gasteiger partial charge >= 0.3 is 0 Å². The summed E-state index contributed by atoms with van der Waals surface area (Å²) in [4.78, 5) is 1.52. The molecule has 4 heteroatoms. The molecule has 0 radical (unpaired) electrons. The van der Waals surface area contributed by atoms with Gasteiger partial charge in [-0.25, -0.2) is 0 Å². The highest BCUT2D eigenvalue weighted by molar-refractivity contribution is 5.73. The molecule has 0 fully saturated rings. The molecule has 0 aliphatic rings. The number of rotatable bonds is 3. The lowest BCUT2D eigenvalue weighted by Crippen LogP contribution is -2.02. The third-order valence-corrected chi connectivity index (χ3v) is 4.05. The average Bonchev–Trinajstić information content (AvgIpc) is 3.02. The lowest BCUT2D eigenvalue weighted by atomic mass is 10.0. The fourth-order valence-corrected chi connectivity index (χ4v) is 2.90. The van der Waals surface area contributed by atoms with Gasteiger partial charge in [-0.2, -0.15) is 0 Å². The minimum atomic E-state index is 0.227. The van der Waals surface area contributed by atoms with E-state index in [2.05, 4.69) is 22.3 Å². The van der Waals surface area contributed by atoms with E-state index in [1.54, 1.807) is 0 Å². The average molecular weight is 315 g/mol. The zero-order valence-electron chi connectivity index (χ0n) is 13.3. The van der Waals surface area contributed by atoms with Gasteiger partial charge in [-0.3, -0.25) is 0 Å². The molecule has 0 atom stereocenters. The molecule has 1 heterocycles. The highest BCUT2D eigenvalue weighted by Gasteiger charge is 2.13. The standard InChI is InChI=1S/C20H17N3O/c1-14-11-16(13-15-7-3-2-4-8-15)20(24)19(12-14)23-21-17-9-5-6-10-18(17)22-23/h2-12,24H,13H2,1H3. The van der Waals surface area contributed by atoms with Crippen molar-refractivity contribution in [2.24, 2.45) is 0 Å². The van der Waals surface area contributed by atoms with Crippen LogP contribution in [-0.4, -0.2) is 20.1 Å². The summed E-state index contributed by atoms with van der Waals surface area (Å²) in [6.45, 7) is 2.01. The van der Waals surface area contributed by atoms with Crippen LogP contribution in [0.3, 0.4) is 0 Å². The van der Waals surface area contributed by atoms with Crippen molar-refractivity contribution in [3.8, 4) is 11.4 Å². The topological polar surface area (TPSA) is 50.9 Å². The summed E-state index contributed by atoms with van der Waals surface area (Å²) >= 11 is 0. The molecule has 0 bridgehead atoms. The maximum atomic E-state index is 10.8. The van der Waals surface area contributed by atoms with Crippen molar-refractivity contribution in [3.63, 3.8) is 0 Å². The summed E-state index contributed by atoms with van der Waals surface area (Å²) in [5.74, 6) is 0.227. The molecular formula is C20H17N3O. The number of aryl methyl sites for hydroxylation is 1. The first kappa shape index (κ1) is 14.5. The highest BCUT2D eigenvalue weighted by atomic mass is 16.3. The van der Waals surface area contributed by atoms with E-state index in [0.717, 1.165) is 27.7 Å². The summed E-state index contributed by atoms with van der Waals surface area (Å²) in [6, 6.07) is 21.7. The summed E-state index contributed by atoms with van der Waals surface area (Å²) in [7, 11) is 0. The molecule has 0 saturated heterocycles. The normalized spacial score (nSPS) is 11.0. The van der Waals surface area contributed by atoms with Crippen LogP contribution < -0.4 is 0 Å². The monoisotopic (exact) mass is 315 g/mol. The zero-order valence-corrected chi connectivity index (χ0v) is 13.3. The van der Waals surface area contributed by atoms with Crippen LogP contribution in [-0.2, 0) is 6.42 Å². The van der Waals surface area contributed by atoms with Crippen molar-refractivity contribution in [2.75, 3.05) is 0 Å². The summed E-state index contributed by atoms with van der Waals surface area (Å²) in [5.41, 5.74) is 5.32. The van der Waals surface area contributed by atoms with Crippen LogP contribution in [0.2, 0.25) is 0 Å². The Hall–Kier alpha value is -3.14. The van der Waals surface area contributed by atoms with E-state index < -0.39 is 0 Å². The van der Waals surface area contributed by atoms with E-state index in [1.807, 2.05) is 61.5 Å². The van der Waals surface area contributed by atoms with Gasteiger partial charge in [-0.1, -0.05) is 48.5 Å². The van der Waals surface area contributed by atoms with Gasteiger partial charge in [0.25, 0.3) is 0 Å². The zero-order chi connectivity index (χ0) is 16.5. The van der Waals surface area contributed by atoms with Crippen molar-refractivity contribution in [3.05, 3.63) is 83.4 Å². The number of hydrogen-bond acceptors (Lipinski definition) is 3. The van der Waals surface area contributed by atoms with Gasteiger partial charge in [0.2, 0.25) is 0 Å². The summed E-state index contributed by atoms with van der Waals surface area (Å²) < 4.78 is 0. The SMILES string of the molecule is Cc1cc(Cc2ccccc2)c(O)c(-n2nc3ccccc3n2)c1. The third-order valence-electron chi connectivity index (χ3n) is 4.05. The van der Waals surface area contributed by atoms with Crippen molar-refractivity contribution in [1.29, 1.82) is 0 Å². The summed E-state index contributed by atoms with van der Waals surface area (Å²) in [6.07, 6.45) is 0.669. The van der Waals surface area contributed by atoms with Gasteiger partial charge in [0.15, 0.2) is 0 Å². The number of aromatic hydroxyl groups is 1. The molecule has 0 saturated carbocycles. The second-order valence-electron chi connectivity index (χ2n) is 5.93. The number of fused-ring (bicyclic) bond motifs is 1. The van der Waals surface area contributed by atoms with Crippen LogP contribution in [0.1, 0.15) is 16.7 Å². The largest absolute Gasteiger partial charge is 0.505 e. The number of phenolic OH excluding ortho intramolecular Hbond substituents is 1. The summed E-state index contributed by atoms with van der Waals surface area (Å²) in [5, 5.41) is 19.7. The van der Waals surface area contributed by atoms with E-state index in [1.165, 1.54) is 4.80 Å². The number of aromatic nitrogens is 3. The van der Waals surface area contributed by atoms with Gasteiger partial charge in [-0.05, 0) is 36.2 Å². The molecular weight excluding hydrogens is 298 g/mol. The van der Waals surface area contributed by atoms with E-state index in [9.17, 15) is 5.11 Å². The molecule has 0 spiro atoms. The quantitative estimate of drug-likeness (QED) is 0.621. The van der Waals surface area contributed by atoms with Crippen molar-refractivity contribution in [1.82, 2.24) is 15.0 Å². The number of hydrogen-bond donors (Lipinski definition) is 1. The van der Waals surface area contributed by atoms with E-state index >= 15 is 0 Å². The number of benzene rings is 3. The maximum Gasteiger partial charge on any atom is 0.146 e. The van der Waals surface area contributed by atoms with Crippen molar-refractivity contribution in [2.45, 2.75) is 13.3 Å². The molecule has 118 valence electrons. The van der Waals surface area contributed by atoms with E-state index in [-0.39, 0.29) is 5.75 Å². The van der Waals surface area contributed by atoms with Crippen LogP contribution in [0, 0.1) is 6.92 Å². The number of nitrogens with zero attached hydrogens (tertiary/aromatic N) is 3. The van der Waals surface area contributed by atoms with Crippen LogP contribution in [0.5, 0.6) is 5.75 Å². The Kier molecular flexibility index (Phi) is 3.50. The first-order valence-corrected chi connectivity index (χ1v) is 7.89. The van der Waals surface area contributed by atoms with Gasteiger partial charge in [-0.15, -0.1) is 15.0 Å². The Morgan fingerprint density at radius 2 is 1.50 bits per heavy atom. The molecule has 4 aromatic rings. The fraction of sp³-hybridized carbons (Fsp3) is 0.100. The molecule has 4 nitrogen and oxygen atoms in total. The lowest BCUT2D eigenvalue weighted by molar-refractivity contribution is 0.462. The second kappa shape index (κ2) is 5.81. The number of phenols is 1. The van der Waals surface area contributed by atoms with Crippen LogP contribution >= 0.6 is 0 Å². The van der Waals surface area contributed by atoms with E-state index in [0.29, 0.717) is 12.1 Å². The molecule has 1 aromatic heterocycles. The van der Waals surface area contributed by atoms with Crippen molar-refractivity contribution >= 4 is 11.0 Å². The van der Waals surface area contributed by atoms with Gasteiger partial charge in [0.05, 0.1) is 0 Å². The first-order valence-electron chi connectivity index (χ1n) is 7.89. The van der Waals surface area contributed by atoms with Crippen LogP contribution in [0.25, 0.3) is 16.7 Å². The minimum Gasteiger partial charge on any atom is -0.505 e. The molecule has 4 rings (SSSR count). The van der Waals surface area contributed by atoms with E-state index in [4.69, 9.17) is 0 Å². The maximum absolute atomic E-state index is 10.8. The van der Waals surface area contributed by atoms with Gasteiger partial charge in [0.1, 0.15) is 22.5 Å². The Morgan fingerprint density at radius 3 is 2.17 bits per heavy atom. The van der Waals surface area contributed by atoms with Gasteiger partial charge in [0, 0.05) is 12.0 Å². The minimum absolute atomic E-state index is 0.227. The predicted octanol–water partition coefficient (Wildman–Crippen LogP) is 4.03. The van der Waals surface area contributed by atoms with Crippen molar-refractivity contribution < 1.29 is 5.11 Å². The third kappa shape index (κ3) is 2.63. The molecule has 0 unspecified atom stereocenters. The Balaban J connectivity index is 1.81. The molecule has 0 amide bonds. The smallest absolute Gasteiger partial charge is 0.146 e. The van der Waals surface area contributed by atoms with Crippen LogP contribution in [0.15, 0.2) is 66.7 Å². The molecule has 24 heavy (non-hydrogen) atoms. The molecule has 1 N–H and O–H groups in total. The fourth-order valence-electron chi connectivity index (χ4n) is 2.90. The van der Waals surface area contributed by atoms with Crippen LogP contribution in [0.4, 0.5) is 0 Å². The Bertz CT molecular complexity index is 973. The Morgan fingerprint density at radius 1 is 0.875 bits per heavy atom. The molecule has 0 aliphatic heterocycles. The first-order chi connectivity index (χ1) is 11.7. The molecule has 0 aliphatic carbocycles. The highest BCUT2D eigenvalue weighted by Crippen LogP contribution is 2.29. The predicted molar refractivity (Wildman–Crippen MR) is 94.5 cm³/mol.